The minimum absolute atomic E-state index is 0.333. The van der Waals surface area contributed by atoms with Gasteiger partial charge in [-0.05, 0) is 65.2 Å². The second-order valence-corrected chi connectivity index (χ2v) is 6.42. The van der Waals surface area contributed by atoms with Gasteiger partial charge in [-0.15, -0.1) is 0 Å². The van der Waals surface area contributed by atoms with E-state index in [-0.39, 0.29) is 5.97 Å². The van der Waals surface area contributed by atoms with Crippen LogP contribution in [-0.4, -0.2) is 5.97 Å². The summed E-state index contributed by atoms with van der Waals surface area (Å²) in [7, 11) is 0. The quantitative estimate of drug-likeness (QED) is 0.342. The molecule has 0 heterocycles. The number of benzene rings is 4. The molecule has 4 aromatic carbocycles. The Morgan fingerprint density at radius 2 is 1.52 bits per heavy atom. The lowest BCUT2D eigenvalue weighted by Gasteiger charge is -2.09. The fourth-order valence-electron chi connectivity index (χ4n) is 3.19. The molecule has 0 saturated carbocycles. The fraction of sp³-hybridized carbons (Fsp3) is 0.0870. The van der Waals surface area contributed by atoms with Gasteiger partial charge in [-0.2, -0.15) is 0 Å². The minimum Gasteiger partial charge on any atom is -0.423 e. The van der Waals surface area contributed by atoms with E-state index in [1.165, 1.54) is 5.56 Å². The third-order valence-corrected chi connectivity index (χ3v) is 4.48. The third kappa shape index (κ3) is 2.99. The van der Waals surface area contributed by atoms with Crippen LogP contribution in [0, 0.1) is 13.8 Å². The van der Waals surface area contributed by atoms with Crippen LogP contribution in [0.5, 0.6) is 5.75 Å². The number of hydrogen-bond acceptors (Lipinski definition) is 2. The van der Waals surface area contributed by atoms with E-state index in [1.54, 1.807) is 0 Å². The summed E-state index contributed by atoms with van der Waals surface area (Å²) in [6.45, 7) is 4.08. The van der Waals surface area contributed by atoms with Gasteiger partial charge in [0.05, 0.1) is 5.56 Å². The maximum atomic E-state index is 12.6. The highest BCUT2D eigenvalue weighted by Crippen LogP contribution is 2.24. The Morgan fingerprint density at radius 3 is 2.40 bits per heavy atom. The first-order valence-corrected chi connectivity index (χ1v) is 8.32. The highest BCUT2D eigenvalue weighted by molar-refractivity contribution is 5.98. The lowest BCUT2D eigenvalue weighted by atomic mass is 10.0. The van der Waals surface area contributed by atoms with Crippen molar-refractivity contribution in [1.29, 1.82) is 0 Å². The zero-order chi connectivity index (χ0) is 17.4. The predicted octanol–water partition coefficient (Wildman–Crippen LogP) is 5.83. The zero-order valence-corrected chi connectivity index (χ0v) is 14.2. The summed E-state index contributed by atoms with van der Waals surface area (Å²) in [6.07, 6.45) is 0. The average Bonchev–Trinajstić information content (AvgIpc) is 2.62. The van der Waals surface area contributed by atoms with Crippen molar-refractivity contribution in [2.24, 2.45) is 0 Å². The van der Waals surface area contributed by atoms with Crippen LogP contribution in [0.25, 0.3) is 21.5 Å². The summed E-state index contributed by atoms with van der Waals surface area (Å²) >= 11 is 0. The lowest BCUT2D eigenvalue weighted by Crippen LogP contribution is -2.08. The van der Waals surface area contributed by atoms with Gasteiger partial charge in [0.15, 0.2) is 0 Å². The van der Waals surface area contributed by atoms with Crippen molar-refractivity contribution in [3.05, 3.63) is 89.5 Å². The van der Waals surface area contributed by atoms with Crippen LogP contribution >= 0.6 is 0 Å². The molecule has 0 aliphatic carbocycles. The molecule has 0 atom stereocenters. The molecule has 2 heteroatoms. The molecule has 2 nitrogen and oxygen atoms in total. The van der Waals surface area contributed by atoms with E-state index in [9.17, 15) is 4.79 Å². The maximum Gasteiger partial charge on any atom is 0.343 e. The Hall–Kier alpha value is -3.13. The standard InChI is InChI=1S/C23H18O2/c1-15-7-8-18-14-21(10-9-17(18)11-15)25-23(24)20-12-16(2)22-6-4-3-5-19(22)13-20/h3-14H,1-2H3. The van der Waals surface area contributed by atoms with Crippen molar-refractivity contribution >= 4 is 27.5 Å². The van der Waals surface area contributed by atoms with Crippen molar-refractivity contribution in [3.8, 4) is 5.75 Å². The Morgan fingerprint density at radius 1 is 0.760 bits per heavy atom. The lowest BCUT2D eigenvalue weighted by molar-refractivity contribution is 0.0735. The predicted molar refractivity (Wildman–Crippen MR) is 102 cm³/mol. The molecule has 0 bridgehead atoms. The molecule has 0 saturated heterocycles. The van der Waals surface area contributed by atoms with Crippen molar-refractivity contribution in [3.63, 3.8) is 0 Å². The van der Waals surface area contributed by atoms with Gasteiger partial charge >= 0.3 is 5.97 Å². The number of ether oxygens (including phenoxy) is 1. The van der Waals surface area contributed by atoms with Gasteiger partial charge in [-0.25, -0.2) is 4.79 Å². The summed E-state index contributed by atoms with van der Waals surface area (Å²) < 4.78 is 5.60. The normalized spacial score (nSPS) is 11.0. The monoisotopic (exact) mass is 326 g/mol. The van der Waals surface area contributed by atoms with E-state index in [2.05, 4.69) is 25.1 Å². The second kappa shape index (κ2) is 6.06. The summed E-state index contributed by atoms with van der Waals surface area (Å²) in [6, 6.07) is 23.8. The molecular formula is C23H18O2. The highest BCUT2D eigenvalue weighted by Gasteiger charge is 2.11. The number of fused-ring (bicyclic) bond motifs is 2. The van der Waals surface area contributed by atoms with Crippen LogP contribution < -0.4 is 4.74 Å². The number of hydrogen-bond donors (Lipinski definition) is 0. The highest BCUT2D eigenvalue weighted by atomic mass is 16.5. The smallest absolute Gasteiger partial charge is 0.343 e. The molecule has 4 rings (SSSR count). The molecule has 4 aromatic rings. The summed E-state index contributed by atoms with van der Waals surface area (Å²) in [5.41, 5.74) is 2.85. The molecular weight excluding hydrogens is 308 g/mol. The van der Waals surface area contributed by atoms with Crippen molar-refractivity contribution in [1.82, 2.24) is 0 Å². The van der Waals surface area contributed by atoms with Gasteiger partial charge in [-0.3, -0.25) is 0 Å². The number of rotatable bonds is 2. The second-order valence-electron chi connectivity index (χ2n) is 6.42. The first-order valence-electron chi connectivity index (χ1n) is 8.32. The summed E-state index contributed by atoms with van der Waals surface area (Å²) in [4.78, 5) is 12.6. The Labute approximate surface area is 146 Å². The Balaban J connectivity index is 1.66. The van der Waals surface area contributed by atoms with E-state index in [1.807, 2.05) is 61.5 Å². The molecule has 25 heavy (non-hydrogen) atoms. The van der Waals surface area contributed by atoms with Crippen LogP contribution in [-0.2, 0) is 0 Å². The van der Waals surface area contributed by atoms with Gasteiger partial charge < -0.3 is 4.74 Å². The first-order chi connectivity index (χ1) is 12.1. The van der Waals surface area contributed by atoms with E-state index in [0.717, 1.165) is 27.1 Å². The molecule has 0 fully saturated rings. The molecule has 0 aromatic heterocycles. The van der Waals surface area contributed by atoms with Crippen molar-refractivity contribution in [2.75, 3.05) is 0 Å². The zero-order valence-electron chi connectivity index (χ0n) is 14.2. The molecule has 0 aliphatic rings. The van der Waals surface area contributed by atoms with Crippen LogP contribution in [0.1, 0.15) is 21.5 Å². The SMILES string of the molecule is Cc1ccc2cc(OC(=O)c3cc(C)c4ccccc4c3)ccc2c1. The number of esters is 1. The molecule has 0 amide bonds. The van der Waals surface area contributed by atoms with E-state index in [4.69, 9.17) is 4.74 Å². The van der Waals surface area contributed by atoms with Crippen LogP contribution in [0.4, 0.5) is 0 Å². The van der Waals surface area contributed by atoms with E-state index in [0.29, 0.717) is 11.3 Å². The molecule has 0 spiro atoms. The van der Waals surface area contributed by atoms with Gasteiger partial charge in [0.25, 0.3) is 0 Å². The summed E-state index contributed by atoms with van der Waals surface area (Å²) in [5.74, 6) is 0.229. The Kier molecular flexibility index (Phi) is 3.73. The molecule has 0 radical (unpaired) electrons. The topological polar surface area (TPSA) is 26.3 Å². The van der Waals surface area contributed by atoms with Crippen LogP contribution in [0.3, 0.4) is 0 Å². The minimum atomic E-state index is -0.333. The number of aryl methyl sites for hydroxylation is 2. The third-order valence-electron chi connectivity index (χ3n) is 4.48. The summed E-state index contributed by atoms with van der Waals surface area (Å²) in [5, 5.41) is 4.40. The average molecular weight is 326 g/mol. The van der Waals surface area contributed by atoms with Gasteiger partial charge in [0, 0.05) is 0 Å². The molecule has 0 N–H and O–H groups in total. The molecule has 0 unspecified atom stereocenters. The van der Waals surface area contributed by atoms with Crippen molar-refractivity contribution in [2.45, 2.75) is 13.8 Å². The van der Waals surface area contributed by atoms with Crippen LogP contribution in [0.15, 0.2) is 72.8 Å². The Bertz CT molecular complexity index is 1110. The largest absolute Gasteiger partial charge is 0.423 e. The number of carbonyl (C=O) groups is 1. The molecule has 122 valence electrons. The van der Waals surface area contributed by atoms with Gasteiger partial charge in [-0.1, -0.05) is 54.1 Å². The number of carbonyl (C=O) groups excluding carboxylic acids is 1. The first kappa shape index (κ1) is 15.4. The van der Waals surface area contributed by atoms with Crippen molar-refractivity contribution < 1.29 is 9.53 Å². The van der Waals surface area contributed by atoms with Crippen LogP contribution in [0.2, 0.25) is 0 Å². The molecule has 0 aliphatic heterocycles. The maximum absolute atomic E-state index is 12.6. The van der Waals surface area contributed by atoms with E-state index >= 15 is 0 Å². The van der Waals surface area contributed by atoms with E-state index < -0.39 is 0 Å². The fourth-order valence-corrected chi connectivity index (χ4v) is 3.19. The van der Waals surface area contributed by atoms with Gasteiger partial charge in [0.1, 0.15) is 5.75 Å². The van der Waals surface area contributed by atoms with Gasteiger partial charge in [0.2, 0.25) is 0 Å².